The van der Waals surface area contributed by atoms with Gasteiger partial charge < -0.3 is 48.1 Å². The Kier molecular flexibility index (Phi) is 54.8. The first-order chi connectivity index (χ1) is 43.7. The van der Waals surface area contributed by atoms with E-state index in [1.54, 1.807) is 6.92 Å². The fraction of sp³-hybridized carbons (Fsp3) is 0.875. The van der Waals surface area contributed by atoms with Crippen molar-refractivity contribution < 1.29 is 91.3 Å². The first-order valence-electron chi connectivity index (χ1n) is 36.2. The number of unbranched alkanes of at least 4 members (excludes halogenated alkanes) is 21. The molecule has 0 saturated heterocycles. The molecular formula is C72H128O19. The van der Waals surface area contributed by atoms with Crippen LogP contribution in [0.5, 0.6) is 0 Å². The second kappa shape index (κ2) is 57.8. The number of carboxylic acid groups (broad SMARTS) is 1. The zero-order valence-electron chi connectivity index (χ0n) is 58.4. The van der Waals surface area contributed by atoms with Crippen LogP contribution >= 0.6 is 0 Å². The van der Waals surface area contributed by atoms with Gasteiger partial charge in [-0.05, 0) is 84.0 Å². The molecule has 0 rings (SSSR count). The molecule has 0 aliphatic rings. The van der Waals surface area contributed by atoms with E-state index in [1.807, 2.05) is 20.8 Å². The Morgan fingerprint density at radius 3 is 0.802 bits per heavy atom. The topological polar surface area (TPSA) is 268 Å². The smallest absolute Gasteiger partial charge is 0.309 e. The fourth-order valence-electron chi connectivity index (χ4n) is 10.9. The lowest BCUT2D eigenvalue weighted by atomic mass is 10.0. The molecule has 9 atom stereocenters. The highest BCUT2D eigenvalue weighted by Gasteiger charge is 2.31. The lowest BCUT2D eigenvalue weighted by Crippen LogP contribution is -2.31. The van der Waals surface area contributed by atoms with Crippen molar-refractivity contribution in [3.63, 3.8) is 0 Å². The Morgan fingerprint density at radius 2 is 0.484 bits per heavy atom. The highest BCUT2D eigenvalue weighted by molar-refractivity contribution is 5.77. The lowest BCUT2D eigenvalue weighted by Gasteiger charge is -2.24. The number of carbonyl (C=O) groups excluding carboxylic acids is 8. The van der Waals surface area contributed by atoms with E-state index in [-0.39, 0.29) is 64.2 Å². The van der Waals surface area contributed by atoms with Crippen LogP contribution in [0.2, 0.25) is 0 Å². The third-order valence-electron chi connectivity index (χ3n) is 16.1. The molecule has 0 spiro atoms. The van der Waals surface area contributed by atoms with Crippen LogP contribution < -0.4 is 0 Å². The van der Waals surface area contributed by atoms with Gasteiger partial charge in [-0.2, -0.15) is 0 Å². The van der Waals surface area contributed by atoms with E-state index >= 15 is 0 Å². The molecule has 0 saturated carbocycles. The molecular weight excluding hydrogens is 1170 g/mol. The van der Waals surface area contributed by atoms with E-state index < -0.39 is 109 Å². The van der Waals surface area contributed by atoms with E-state index in [9.17, 15) is 48.3 Å². The number of carbonyl (C=O) groups is 9. The molecule has 0 amide bonds. The van der Waals surface area contributed by atoms with E-state index in [0.717, 1.165) is 122 Å². The largest absolute Gasteiger partial charge is 0.481 e. The zero-order chi connectivity index (χ0) is 67.9. The molecule has 0 aliphatic heterocycles. The highest BCUT2D eigenvalue weighted by atomic mass is 16.6. The van der Waals surface area contributed by atoms with Crippen molar-refractivity contribution in [3.05, 3.63) is 0 Å². The van der Waals surface area contributed by atoms with Gasteiger partial charge >= 0.3 is 53.7 Å². The Balaban J connectivity index is 6.20. The maximum Gasteiger partial charge on any atom is 0.309 e. The van der Waals surface area contributed by atoms with Crippen molar-refractivity contribution in [1.82, 2.24) is 0 Å². The number of esters is 8. The number of ether oxygens (including phenoxy) is 8. The second-order valence-corrected chi connectivity index (χ2v) is 25.3. The summed E-state index contributed by atoms with van der Waals surface area (Å²) >= 11 is 0. The number of hydrogen-bond donors (Lipinski definition) is 2. The minimum Gasteiger partial charge on any atom is -0.481 e. The van der Waals surface area contributed by atoms with Crippen LogP contribution in [0.4, 0.5) is 0 Å². The summed E-state index contributed by atoms with van der Waals surface area (Å²) in [6.07, 6.45) is 19.3. The first kappa shape index (κ1) is 86.2. The average Bonchev–Trinajstić information content (AvgIpc) is 3.65. The Hall–Kier alpha value is -4.81. The molecule has 0 aromatic rings. The Labute approximate surface area is 549 Å². The predicted molar refractivity (Wildman–Crippen MR) is 352 cm³/mol. The molecule has 9 unspecified atom stereocenters. The van der Waals surface area contributed by atoms with Gasteiger partial charge in [0.05, 0.1) is 63.9 Å². The summed E-state index contributed by atoms with van der Waals surface area (Å²) in [4.78, 5) is 119. The monoisotopic (exact) mass is 1300 g/mol. The maximum absolute atomic E-state index is 14.0. The number of aliphatic hydroxyl groups is 1. The molecule has 0 aliphatic carbocycles. The third kappa shape index (κ3) is 51.3. The molecule has 0 heterocycles. The predicted octanol–water partition coefficient (Wildman–Crippen LogP) is 16.5. The van der Waals surface area contributed by atoms with Crippen molar-refractivity contribution in [3.8, 4) is 0 Å². The summed E-state index contributed by atoms with van der Waals surface area (Å²) in [6, 6.07) is 0. The van der Waals surface area contributed by atoms with Gasteiger partial charge in [0.15, 0.2) is 0 Å². The highest BCUT2D eigenvalue weighted by Crippen LogP contribution is 2.24. The van der Waals surface area contributed by atoms with Crippen molar-refractivity contribution in [2.75, 3.05) is 0 Å². The van der Waals surface area contributed by atoms with Gasteiger partial charge in [0.2, 0.25) is 0 Å². The molecule has 0 radical (unpaired) electrons. The quantitative estimate of drug-likeness (QED) is 0.0325. The van der Waals surface area contributed by atoms with Crippen LogP contribution in [0.25, 0.3) is 0 Å². The molecule has 2 N–H and O–H groups in total. The summed E-state index contributed by atoms with van der Waals surface area (Å²) < 4.78 is 46.4. The van der Waals surface area contributed by atoms with Crippen LogP contribution in [0.15, 0.2) is 0 Å². The van der Waals surface area contributed by atoms with Crippen molar-refractivity contribution in [1.29, 1.82) is 0 Å². The van der Waals surface area contributed by atoms with Gasteiger partial charge in [-0.1, -0.05) is 209 Å². The van der Waals surface area contributed by atoms with Gasteiger partial charge in [0, 0.05) is 0 Å². The molecule has 19 heteroatoms. The first-order valence-corrected chi connectivity index (χ1v) is 36.2. The standard InChI is InChI=1S/C72H128O19/c1-10-18-24-28-30-32-35-40-56(73)47-65(76)87-61(45-38-33-29-25-19-11-2)52-70(81)91-63(44-37-31-26-20-12-3)54-72(83)90-62(43-36-27-21-13-4)53-71(82)89-60(42-34-22-14-5)51-69(80)88-59(41-23-15-6)50-68(79)86-58(39-16-7)49-67(78)85-57(17-8)48-66(77)84-55(9)46-64(74)75/h55-63,73H,10-54H2,1-9H3,(H,74,75). The summed E-state index contributed by atoms with van der Waals surface area (Å²) in [5, 5.41) is 19.7. The number of rotatable bonds is 62. The fourth-order valence-corrected chi connectivity index (χ4v) is 10.9. The van der Waals surface area contributed by atoms with Gasteiger partial charge in [0.25, 0.3) is 0 Å². The molecule has 19 nitrogen and oxygen atoms in total. The summed E-state index contributed by atoms with van der Waals surface area (Å²) in [6.45, 7) is 17.6. The van der Waals surface area contributed by atoms with Crippen LogP contribution in [-0.2, 0) is 81.0 Å². The Morgan fingerprint density at radius 1 is 0.253 bits per heavy atom. The zero-order valence-corrected chi connectivity index (χ0v) is 58.4. The summed E-state index contributed by atoms with van der Waals surface area (Å²) in [7, 11) is 0. The molecule has 91 heavy (non-hydrogen) atoms. The average molecular weight is 1300 g/mol. The molecule has 530 valence electrons. The number of carboxylic acids is 1. The van der Waals surface area contributed by atoms with Gasteiger partial charge in [-0.15, -0.1) is 0 Å². The molecule has 0 fully saturated rings. The van der Waals surface area contributed by atoms with Crippen molar-refractivity contribution in [2.24, 2.45) is 0 Å². The van der Waals surface area contributed by atoms with E-state index in [2.05, 4.69) is 27.7 Å². The molecule has 0 bridgehead atoms. The van der Waals surface area contributed by atoms with Crippen LogP contribution in [0.1, 0.15) is 351 Å². The van der Waals surface area contributed by atoms with Crippen LogP contribution in [-0.4, -0.2) is 119 Å². The minimum atomic E-state index is -1.12. The second-order valence-electron chi connectivity index (χ2n) is 25.3. The normalized spacial score (nSPS) is 14.3. The summed E-state index contributed by atoms with van der Waals surface area (Å²) in [5.41, 5.74) is 0. The van der Waals surface area contributed by atoms with E-state index in [4.69, 9.17) is 43.0 Å². The molecule has 0 aromatic heterocycles. The van der Waals surface area contributed by atoms with Crippen LogP contribution in [0.3, 0.4) is 0 Å². The Bertz CT molecular complexity index is 1920. The maximum atomic E-state index is 14.0. The van der Waals surface area contributed by atoms with Crippen LogP contribution in [0, 0.1) is 0 Å². The third-order valence-corrected chi connectivity index (χ3v) is 16.1. The van der Waals surface area contributed by atoms with E-state index in [0.29, 0.717) is 77.0 Å². The SMILES string of the molecule is CCCCCCCCCC(O)CC(=O)OC(CCCCCCCC)CC(=O)OC(CCCCCCC)CC(=O)OC(CCCCCC)CC(=O)OC(CCCCC)CC(=O)OC(CCCC)CC(=O)OC(CCC)CC(=O)OC(CC)CC(=O)OC(C)CC(=O)O. The molecule has 0 aromatic carbocycles. The lowest BCUT2D eigenvalue weighted by molar-refractivity contribution is -0.166. The van der Waals surface area contributed by atoms with Gasteiger partial charge in [-0.3, -0.25) is 43.2 Å². The van der Waals surface area contributed by atoms with Crippen molar-refractivity contribution in [2.45, 2.75) is 406 Å². The summed E-state index contributed by atoms with van der Waals surface area (Å²) in [5.74, 6) is -6.30. The van der Waals surface area contributed by atoms with Gasteiger partial charge in [-0.25, -0.2) is 0 Å². The van der Waals surface area contributed by atoms with Crippen molar-refractivity contribution >= 4 is 53.7 Å². The minimum absolute atomic E-state index is 0.151. The van der Waals surface area contributed by atoms with E-state index in [1.165, 1.54) is 32.6 Å². The van der Waals surface area contributed by atoms with Gasteiger partial charge in [0.1, 0.15) is 48.8 Å². The number of aliphatic carboxylic acids is 1. The number of hydrogen-bond acceptors (Lipinski definition) is 18. The number of aliphatic hydroxyl groups excluding tert-OH is 1.